The highest BCUT2D eigenvalue weighted by atomic mass is 79.9. The molecule has 0 spiro atoms. The van der Waals surface area contributed by atoms with Gasteiger partial charge < -0.3 is 10.4 Å². The van der Waals surface area contributed by atoms with Crippen LogP contribution in [0.3, 0.4) is 0 Å². The monoisotopic (exact) mass is 354 g/mol. The molecule has 2 aliphatic heterocycles. The lowest BCUT2D eigenvalue weighted by atomic mass is 9.99. The lowest BCUT2D eigenvalue weighted by Crippen LogP contribution is -2.33. The third-order valence-electron chi connectivity index (χ3n) is 4.34. The summed E-state index contributed by atoms with van der Waals surface area (Å²) in [6, 6.07) is 4.36. The molecule has 1 saturated heterocycles. The molecule has 2 N–H and O–H groups in total. The van der Waals surface area contributed by atoms with Crippen molar-refractivity contribution >= 4 is 44.5 Å². The quantitative estimate of drug-likeness (QED) is 0.753. The highest BCUT2D eigenvalue weighted by Crippen LogP contribution is 2.44. The summed E-state index contributed by atoms with van der Waals surface area (Å²) in [6.45, 7) is 0. The standard InChI is InChI=1S/C14H12BrClN2O2/c15-6-3-8-12-10-2-1-7(17-10)5-11(12)18(14(19)20)13(8)9(16)4-6/h3-4,7,10,17H,1-2,5H2,(H,19,20). The molecule has 0 aliphatic carbocycles. The number of aromatic nitrogens is 1. The largest absolute Gasteiger partial charge is 0.464 e. The maximum atomic E-state index is 11.7. The van der Waals surface area contributed by atoms with E-state index in [4.69, 9.17) is 11.6 Å². The molecule has 6 heteroatoms. The first kappa shape index (κ1) is 12.7. The third-order valence-corrected chi connectivity index (χ3v) is 5.09. The molecule has 20 heavy (non-hydrogen) atoms. The molecule has 1 fully saturated rings. The van der Waals surface area contributed by atoms with Crippen molar-refractivity contribution in [1.82, 2.24) is 9.88 Å². The van der Waals surface area contributed by atoms with Crippen molar-refractivity contribution in [3.63, 3.8) is 0 Å². The fourth-order valence-electron chi connectivity index (χ4n) is 3.65. The van der Waals surface area contributed by atoms with E-state index in [2.05, 4.69) is 21.2 Å². The summed E-state index contributed by atoms with van der Waals surface area (Å²) < 4.78 is 2.26. The van der Waals surface area contributed by atoms with E-state index in [1.54, 1.807) is 6.07 Å². The van der Waals surface area contributed by atoms with E-state index < -0.39 is 6.09 Å². The Bertz CT molecular complexity index is 755. The molecule has 2 aromatic rings. The number of carbonyl (C=O) groups is 1. The van der Waals surface area contributed by atoms with E-state index >= 15 is 0 Å². The number of nitrogens with zero attached hydrogens (tertiary/aromatic N) is 1. The van der Waals surface area contributed by atoms with Gasteiger partial charge >= 0.3 is 6.09 Å². The molecule has 104 valence electrons. The van der Waals surface area contributed by atoms with Crippen LogP contribution in [-0.2, 0) is 6.42 Å². The van der Waals surface area contributed by atoms with Crippen LogP contribution in [0, 0.1) is 0 Å². The predicted molar refractivity (Wildman–Crippen MR) is 80.7 cm³/mol. The van der Waals surface area contributed by atoms with E-state index in [-0.39, 0.29) is 6.04 Å². The average Bonchev–Trinajstić information content (AvgIpc) is 2.89. The molecular formula is C14H12BrClN2O2. The number of rotatable bonds is 0. The SMILES string of the molecule is O=C(O)n1c2c(c3cc(Br)cc(Cl)c31)C1CCC(C2)N1. The van der Waals surface area contributed by atoms with Crippen LogP contribution in [0.25, 0.3) is 10.9 Å². The topological polar surface area (TPSA) is 54.3 Å². The Labute approximate surface area is 128 Å². The highest BCUT2D eigenvalue weighted by molar-refractivity contribution is 9.10. The summed E-state index contributed by atoms with van der Waals surface area (Å²) in [6.07, 6.45) is 1.95. The fourth-order valence-corrected chi connectivity index (χ4v) is 4.55. The number of hydrogen-bond donors (Lipinski definition) is 2. The Morgan fingerprint density at radius 3 is 3.00 bits per heavy atom. The summed E-state index contributed by atoms with van der Waals surface area (Å²) in [7, 11) is 0. The van der Waals surface area contributed by atoms with Crippen LogP contribution in [0.2, 0.25) is 5.02 Å². The molecule has 2 unspecified atom stereocenters. The van der Waals surface area contributed by atoms with Crippen LogP contribution in [0.4, 0.5) is 4.79 Å². The normalized spacial score (nSPS) is 24.1. The van der Waals surface area contributed by atoms with Gasteiger partial charge in [0.2, 0.25) is 0 Å². The van der Waals surface area contributed by atoms with E-state index in [0.717, 1.165) is 40.4 Å². The fraction of sp³-hybridized carbons (Fsp3) is 0.357. The Balaban J connectivity index is 2.15. The van der Waals surface area contributed by atoms with E-state index in [1.165, 1.54) is 4.57 Å². The minimum absolute atomic E-state index is 0.247. The Morgan fingerprint density at radius 2 is 2.25 bits per heavy atom. The molecular weight excluding hydrogens is 344 g/mol. The minimum Gasteiger partial charge on any atom is -0.464 e. The van der Waals surface area contributed by atoms with Crippen molar-refractivity contribution in [2.24, 2.45) is 0 Å². The lowest BCUT2D eigenvalue weighted by Gasteiger charge is -2.22. The Morgan fingerprint density at radius 1 is 1.45 bits per heavy atom. The van der Waals surface area contributed by atoms with Gasteiger partial charge in [0.15, 0.2) is 0 Å². The zero-order valence-corrected chi connectivity index (χ0v) is 12.8. The molecule has 1 aromatic carbocycles. The average molecular weight is 356 g/mol. The van der Waals surface area contributed by atoms with Crippen LogP contribution in [0.1, 0.15) is 30.1 Å². The van der Waals surface area contributed by atoms with Gasteiger partial charge in [-0.2, -0.15) is 0 Å². The first-order valence-electron chi connectivity index (χ1n) is 6.58. The van der Waals surface area contributed by atoms with Crippen molar-refractivity contribution in [1.29, 1.82) is 0 Å². The van der Waals surface area contributed by atoms with Crippen molar-refractivity contribution in [3.8, 4) is 0 Å². The summed E-state index contributed by atoms with van der Waals surface area (Å²) in [5.74, 6) is 0. The van der Waals surface area contributed by atoms with E-state index in [9.17, 15) is 9.90 Å². The van der Waals surface area contributed by atoms with E-state index in [0.29, 0.717) is 16.6 Å². The maximum Gasteiger partial charge on any atom is 0.416 e. The first-order valence-corrected chi connectivity index (χ1v) is 7.75. The van der Waals surface area contributed by atoms with Gasteiger partial charge in [0.05, 0.1) is 10.5 Å². The number of nitrogens with one attached hydrogen (secondary N) is 1. The van der Waals surface area contributed by atoms with Gasteiger partial charge in [0, 0.05) is 34.1 Å². The van der Waals surface area contributed by atoms with Gasteiger partial charge in [-0.15, -0.1) is 0 Å². The second-order valence-electron chi connectivity index (χ2n) is 5.46. The van der Waals surface area contributed by atoms with Crippen LogP contribution >= 0.6 is 27.5 Å². The molecule has 3 heterocycles. The van der Waals surface area contributed by atoms with Gasteiger partial charge in [-0.1, -0.05) is 27.5 Å². The second-order valence-corrected chi connectivity index (χ2v) is 6.78. The Kier molecular flexibility index (Phi) is 2.68. The van der Waals surface area contributed by atoms with Crippen LogP contribution in [0.5, 0.6) is 0 Å². The van der Waals surface area contributed by atoms with Gasteiger partial charge in [-0.25, -0.2) is 9.36 Å². The third kappa shape index (κ3) is 1.60. The molecule has 2 bridgehead atoms. The van der Waals surface area contributed by atoms with Crippen molar-refractivity contribution < 1.29 is 9.90 Å². The van der Waals surface area contributed by atoms with Crippen molar-refractivity contribution in [3.05, 3.63) is 32.9 Å². The number of halogens is 2. The lowest BCUT2D eigenvalue weighted by molar-refractivity contribution is 0.196. The molecule has 1 aromatic heterocycles. The zero-order chi connectivity index (χ0) is 14.0. The summed E-state index contributed by atoms with van der Waals surface area (Å²) in [4.78, 5) is 11.7. The number of fused-ring (bicyclic) bond motifs is 6. The summed E-state index contributed by atoms with van der Waals surface area (Å²) >= 11 is 9.75. The van der Waals surface area contributed by atoms with Gasteiger partial charge in [-0.3, -0.25) is 0 Å². The Hall–Kier alpha value is -1.04. The van der Waals surface area contributed by atoms with Gasteiger partial charge in [-0.05, 0) is 30.5 Å². The molecule has 0 saturated carbocycles. The predicted octanol–water partition coefficient (Wildman–Crippen LogP) is 3.93. The van der Waals surface area contributed by atoms with Crippen molar-refractivity contribution in [2.75, 3.05) is 0 Å². The second kappa shape index (κ2) is 4.23. The molecule has 2 atom stereocenters. The van der Waals surface area contributed by atoms with E-state index in [1.807, 2.05) is 6.07 Å². The summed E-state index contributed by atoms with van der Waals surface area (Å²) in [5, 5.41) is 14.6. The molecule has 0 amide bonds. The molecule has 4 nitrogen and oxygen atoms in total. The zero-order valence-electron chi connectivity index (χ0n) is 10.5. The molecule has 4 rings (SSSR count). The number of carboxylic acid groups (broad SMARTS) is 1. The minimum atomic E-state index is -0.957. The van der Waals surface area contributed by atoms with Crippen LogP contribution in [0.15, 0.2) is 16.6 Å². The number of benzene rings is 1. The van der Waals surface area contributed by atoms with Crippen LogP contribution < -0.4 is 5.32 Å². The maximum absolute atomic E-state index is 11.7. The van der Waals surface area contributed by atoms with Gasteiger partial charge in [0.1, 0.15) is 0 Å². The first-order chi connectivity index (χ1) is 9.56. The number of hydrogen-bond acceptors (Lipinski definition) is 2. The summed E-state index contributed by atoms with van der Waals surface area (Å²) in [5.41, 5.74) is 2.62. The smallest absolute Gasteiger partial charge is 0.416 e. The van der Waals surface area contributed by atoms with Gasteiger partial charge in [0.25, 0.3) is 0 Å². The van der Waals surface area contributed by atoms with Crippen LogP contribution in [-0.4, -0.2) is 21.8 Å². The highest BCUT2D eigenvalue weighted by Gasteiger charge is 2.38. The molecule has 2 aliphatic rings. The van der Waals surface area contributed by atoms with Crippen molar-refractivity contribution in [2.45, 2.75) is 31.3 Å². The molecule has 0 radical (unpaired) electrons.